The predicted molar refractivity (Wildman–Crippen MR) is 70.7 cm³/mol. The molecule has 2 rings (SSSR count). The third kappa shape index (κ3) is 3.49. The van der Waals surface area contributed by atoms with Gasteiger partial charge in [-0.15, -0.1) is 0 Å². The second-order valence-electron chi connectivity index (χ2n) is 3.46. The first-order chi connectivity index (χ1) is 9.16. The molecule has 0 bridgehead atoms. The summed E-state index contributed by atoms with van der Waals surface area (Å²) in [6.07, 6.45) is 2.91. The molecule has 6 nitrogen and oxygen atoms in total. The minimum absolute atomic E-state index is 0.0572. The van der Waals surface area contributed by atoms with Gasteiger partial charge in [-0.05, 0) is 18.2 Å². The molecule has 19 heavy (non-hydrogen) atoms. The van der Waals surface area contributed by atoms with Crippen LogP contribution in [0.1, 0.15) is 0 Å². The van der Waals surface area contributed by atoms with Crippen molar-refractivity contribution in [2.75, 3.05) is 10.6 Å². The molecule has 1 aromatic heterocycles. The van der Waals surface area contributed by atoms with Crippen molar-refractivity contribution < 1.29 is 9.59 Å². The van der Waals surface area contributed by atoms with E-state index in [1.54, 1.807) is 30.3 Å². The third-order valence-corrected chi connectivity index (χ3v) is 2.45. The van der Waals surface area contributed by atoms with Crippen LogP contribution in [0.5, 0.6) is 0 Å². The summed E-state index contributed by atoms with van der Waals surface area (Å²) in [6.45, 7) is 0. The van der Waals surface area contributed by atoms with Crippen molar-refractivity contribution in [2.45, 2.75) is 0 Å². The molecule has 0 aliphatic heterocycles. The quantitative estimate of drug-likeness (QED) is 0.818. The molecule has 0 aliphatic carbocycles. The van der Waals surface area contributed by atoms with E-state index in [4.69, 9.17) is 11.6 Å². The van der Waals surface area contributed by atoms with Crippen molar-refractivity contribution in [1.29, 1.82) is 0 Å². The Bertz CT molecular complexity index is 604. The van der Waals surface area contributed by atoms with Crippen LogP contribution in [-0.4, -0.2) is 21.8 Å². The van der Waals surface area contributed by atoms with Crippen LogP contribution in [0.25, 0.3) is 0 Å². The number of aromatic nitrogens is 2. The van der Waals surface area contributed by atoms with Gasteiger partial charge in [0, 0.05) is 12.4 Å². The smallest absolute Gasteiger partial charge is 0.316 e. The van der Waals surface area contributed by atoms with E-state index in [9.17, 15) is 9.59 Å². The molecule has 0 saturated heterocycles. The molecule has 0 unspecified atom stereocenters. The Kier molecular flexibility index (Phi) is 4.04. The van der Waals surface area contributed by atoms with E-state index in [0.29, 0.717) is 10.7 Å². The number of hydrogen-bond acceptors (Lipinski definition) is 4. The topological polar surface area (TPSA) is 84.0 Å². The van der Waals surface area contributed by atoms with Gasteiger partial charge in [-0.25, -0.2) is 9.97 Å². The first kappa shape index (κ1) is 13.0. The maximum atomic E-state index is 11.6. The maximum absolute atomic E-state index is 11.6. The number of benzene rings is 1. The van der Waals surface area contributed by atoms with Crippen molar-refractivity contribution in [3.8, 4) is 0 Å². The van der Waals surface area contributed by atoms with Gasteiger partial charge in [0.2, 0.25) is 5.95 Å². The molecule has 2 aromatic rings. The zero-order chi connectivity index (χ0) is 13.7. The van der Waals surface area contributed by atoms with Crippen LogP contribution in [0, 0.1) is 0 Å². The molecule has 1 aromatic carbocycles. The predicted octanol–water partition coefficient (Wildman–Crippen LogP) is 1.71. The van der Waals surface area contributed by atoms with Crippen LogP contribution in [0.3, 0.4) is 0 Å². The first-order valence-corrected chi connectivity index (χ1v) is 5.68. The fourth-order valence-corrected chi connectivity index (χ4v) is 1.45. The SMILES string of the molecule is O=C(Nc1ncccn1)C(=O)Nc1ccccc1Cl. The van der Waals surface area contributed by atoms with Gasteiger partial charge in [-0.3, -0.25) is 14.9 Å². The van der Waals surface area contributed by atoms with Gasteiger partial charge in [0.15, 0.2) is 0 Å². The Balaban J connectivity index is 2.01. The average molecular weight is 277 g/mol. The highest BCUT2D eigenvalue weighted by Gasteiger charge is 2.15. The number of rotatable bonds is 2. The number of halogens is 1. The largest absolute Gasteiger partial charge is 0.316 e. The van der Waals surface area contributed by atoms with Gasteiger partial charge < -0.3 is 5.32 Å². The lowest BCUT2D eigenvalue weighted by molar-refractivity contribution is -0.133. The summed E-state index contributed by atoms with van der Waals surface area (Å²) in [5.74, 6) is -1.66. The van der Waals surface area contributed by atoms with Crippen LogP contribution in [-0.2, 0) is 9.59 Å². The molecule has 0 spiro atoms. The fraction of sp³-hybridized carbons (Fsp3) is 0. The molecular formula is C12H9ClN4O2. The summed E-state index contributed by atoms with van der Waals surface area (Å²) in [7, 11) is 0. The third-order valence-electron chi connectivity index (χ3n) is 2.12. The molecule has 96 valence electrons. The Labute approximate surface area is 113 Å². The van der Waals surface area contributed by atoms with Crippen molar-refractivity contribution >= 4 is 35.1 Å². The van der Waals surface area contributed by atoms with Gasteiger partial charge in [0.25, 0.3) is 0 Å². The molecule has 0 atom stereocenters. The zero-order valence-corrected chi connectivity index (χ0v) is 10.4. The van der Waals surface area contributed by atoms with E-state index in [1.165, 1.54) is 12.4 Å². The van der Waals surface area contributed by atoms with E-state index < -0.39 is 11.8 Å². The van der Waals surface area contributed by atoms with E-state index in [0.717, 1.165) is 0 Å². The summed E-state index contributed by atoms with van der Waals surface area (Å²) in [5.41, 5.74) is 0.360. The van der Waals surface area contributed by atoms with E-state index >= 15 is 0 Å². The number of anilines is 2. The lowest BCUT2D eigenvalue weighted by Gasteiger charge is -2.06. The Morgan fingerprint density at radius 3 is 2.26 bits per heavy atom. The number of carbonyl (C=O) groups excluding carboxylic acids is 2. The molecule has 1 heterocycles. The standard InChI is InChI=1S/C12H9ClN4O2/c13-8-4-1-2-5-9(8)16-10(18)11(19)17-12-14-6-3-7-15-12/h1-7H,(H,16,18)(H,14,15,17,19). The summed E-state index contributed by atoms with van der Waals surface area (Å²) < 4.78 is 0. The number of para-hydroxylation sites is 1. The van der Waals surface area contributed by atoms with Crippen LogP contribution >= 0.6 is 11.6 Å². The maximum Gasteiger partial charge on any atom is 0.316 e. The van der Waals surface area contributed by atoms with Gasteiger partial charge in [-0.1, -0.05) is 23.7 Å². The molecular weight excluding hydrogens is 268 g/mol. The Hall–Kier alpha value is -2.47. The molecule has 0 saturated carbocycles. The molecule has 2 N–H and O–H groups in total. The monoisotopic (exact) mass is 276 g/mol. The van der Waals surface area contributed by atoms with Crippen molar-refractivity contribution in [2.24, 2.45) is 0 Å². The Morgan fingerprint density at radius 1 is 0.947 bits per heavy atom. The van der Waals surface area contributed by atoms with Crippen molar-refractivity contribution in [1.82, 2.24) is 9.97 Å². The minimum Gasteiger partial charge on any atom is -0.316 e. The molecule has 7 heteroatoms. The van der Waals surface area contributed by atoms with E-state index in [2.05, 4.69) is 20.6 Å². The van der Waals surface area contributed by atoms with Gasteiger partial charge >= 0.3 is 11.8 Å². The van der Waals surface area contributed by atoms with Crippen molar-refractivity contribution in [3.05, 3.63) is 47.7 Å². The molecule has 2 amide bonds. The number of nitrogens with zero attached hydrogens (tertiary/aromatic N) is 2. The highest BCUT2D eigenvalue weighted by atomic mass is 35.5. The second-order valence-corrected chi connectivity index (χ2v) is 3.87. The van der Waals surface area contributed by atoms with E-state index in [1.807, 2.05) is 0 Å². The summed E-state index contributed by atoms with van der Waals surface area (Å²) in [5, 5.41) is 5.00. The van der Waals surface area contributed by atoms with Gasteiger partial charge in [-0.2, -0.15) is 0 Å². The highest BCUT2D eigenvalue weighted by Crippen LogP contribution is 2.20. The summed E-state index contributed by atoms with van der Waals surface area (Å²) in [4.78, 5) is 30.8. The lowest BCUT2D eigenvalue weighted by Crippen LogP contribution is -2.29. The molecule has 0 fully saturated rings. The van der Waals surface area contributed by atoms with Gasteiger partial charge in [0.05, 0.1) is 10.7 Å². The molecule has 0 aliphatic rings. The van der Waals surface area contributed by atoms with Gasteiger partial charge in [0.1, 0.15) is 0 Å². The summed E-state index contributed by atoms with van der Waals surface area (Å²) in [6, 6.07) is 8.21. The number of nitrogens with one attached hydrogen (secondary N) is 2. The van der Waals surface area contributed by atoms with Crippen LogP contribution in [0.4, 0.5) is 11.6 Å². The number of carbonyl (C=O) groups is 2. The fourth-order valence-electron chi connectivity index (χ4n) is 1.26. The lowest BCUT2D eigenvalue weighted by atomic mass is 10.3. The Morgan fingerprint density at radius 2 is 1.58 bits per heavy atom. The zero-order valence-electron chi connectivity index (χ0n) is 9.63. The second kappa shape index (κ2) is 5.92. The minimum atomic E-state index is -0.869. The summed E-state index contributed by atoms with van der Waals surface area (Å²) >= 11 is 5.86. The van der Waals surface area contributed by atoms with E-state index in [-0.39, 0.29) is 5.95 Å². The normalized spacial score (nSPS) is 9.74. The van der Waals surface area contributed by atoms with Crippen LogP contribution < -0.4 is 10.6 Å². The molecule has 0 radical (unpaired) electrons. The van der Waals surface area contributed by atoms with Crippen LogP contribution in [0.15, 0.2) is 42.7 Å². The average Bonchev–Trinajstić information content (AvgIpc) is 2.42. The van der Waals surface area contributed by atoms with Crippen LogP contribution in [0.2, 0.25) is 5.02 Å². The first-order valence-electron chi connectivity index (χ1n) is 5.30. The van der Waals surface area contributed by atoms with Crippen molar-refractivity contribution in [3.63, 3.8) is 0 Å². The highest BCUT2D eigenvalue weighted by molar-refractivity contribution is 6.44. The number of amides is 2. The number of hydrogen-bond donors (Lipinski definition) is 2.